The Morgan fingerprint density at radius 3 is 2.79 bits per heavy atom. The second kappa shape index (κ2) is 4.54. The molecule has 1 saturated heterocycles. The first-order valence-electron chi connectivity index (χ1n) is 6.22. The zero-order valence-electron chi connectivity index (χ0n) is 10.6. The van der Waals surface area contributed by atoms with E-state index in [1.165, 1.54) is 0 Å². The monoisotopic (exact) mass is 299 g/mol. The molecule has 2 aromatic rings. The number of nitrogens with two attached hydrogens (primary N) is 1. The van der Waals surface area contributed by atoms with Crippen molar-refractivity contribution < 1.29 is 4.74 Å². The van der Waals surface area contributed by atoms with Gasteiger partial charge in [0.15, 0.2) is 0 Å². The first-order valence-corrected chi connectivity index (χ1v) is 6.98. The summed E-state index contributed by atoms with van der Waals surface area (Å²) in [6, 6.07) is 3.57. The summed E-state index contributed by atoms with van der Waals surface area (Å²) in [5.41, 5.74) is 7.56. The van der Waals surface area contributed by atoms with Crippen molar-refractivity contribution in [3.8, 4) is 0 Å². The van der Waals surface area contributed by atoms with Crippen LogP contribution in [-0.2, 0) is 10.3 Å². The molecule has 1 aromatic carbocycles. The number of nitrogen functional groups attached to an aromatic ring is 1. The summed E-state index contributed by atoms with van der Waals surface area (Å²) in [5.74, 6) is 0.473. The minimum atomic E-state index is -0.186. The van der Waals surface area contributed by atoms with Crippen LogP contribution in [0.2, 0.25) is 10.0 Å². The van der Waals surface area contributed by atoms with Gasteiger partial charge in [-0.2, -0.15) is 0 Å². The minimum absolute atomic E-state index is 0.186. The van der Waals surface area contributed by atoms with Crippen LogP contribution in [0, 0.1) is 0 Å². The molecule has 0 amide bonds. The number of halogens is 2. The van der Waals surface area contributed by atoms with Gasteiger partial charge in [-0.3, -0.25) is 0 Å². The van der Waals surface area contributed by atoms with Gasteiger partial charge in [0.2, 0.25) is 5.95 Å². The molecule has 0 radical (unpaired) electrons. The van der Waals surface area contributed by atoms with E-state index in [1.54, 1.807) is 6.07 Å². The Balaban J connectivity index is 2.22. The predicted octanol–water partition coefficient (Wildman–Crippen LogP) is 3.45. The van der Waals surface area contributed by atoms with Crippen LogP contribution in [0.1, 0.15) is 19.8 Å². The SMILES string of the molecule is CC1(n2c(N)nc3cc(Cl)c(Cl)cc32)CCCOC1. The van der Waals surface area contributed by atoms with Crippen molar-refractivity contribution in [2.24, 2.45) is 0 Å². The molecule has 19 heavy (non-hydrogen) atoms. The Bertz CT molecular complexity index is 632. The maximum absolute atomic E-state index is 6.11. The van der Waals surface area contributed by atoms with Gasteiger partial charge >= 0.3 is 0 Å². The van der Waals surface area contributed by atoms with Gasteiger partial charge in [0.05, 0.1) is 33.2 Å². The van der Waals surface area contributed by atoms with E-state index < -0.39 is 0 Å². The van der Waals surface area contributed by atoms with E-state index in [0.717, 1.165) is 30.5 Å². The third kappa shape index (κ3) is 2.08. The van der Waals surface area contributed by atoms with Crippen LogP contribution in [0.25, 0.3) is 11.0 Å². The summed E-state index contributed by atoms with van der Waals surface area (Å²) in [6.07, 6.45) is 2.01. The van der Waals surface area contributed by atoms with E-state index in [1.807, 2.05) is 10.6 Å². The third-order valence-corrected chi connectivity index (χ3v) is 4.40. The number of rotatable bonds is 1. The molecule has 1 aliphatic rings. The average molecular weight is 300 g/mol. The third-order valence-electron chi connectivity index (χ3n) is 3.68. The standard InChI is InChI=1S/C13H15Cl2N3O/c1-13(3-2-4-19-7-13)18-11-6-9(15)8(14)5-10(11)17-12(18)16/h5-6H,2-4,7H2,1H3,(H2,16,17). The van der Waals surface area contributed by atoms with E-state index in [0.29, 0.717) is 22.6 Å². The summed E-state index contributed by atoms with van der Waals surface area (Å²) >= 11 is 12.1. The fourth-order valence-corrected chi connectivity index (χ4v) is 3.07. The number of ether oxygens (including phenoxy) is 1. The molecule has 4 nitrogen and oxygen atoms in total. The van der Waals surface area contributed by atoms with Crippen LogP contribution in [0.4, 0.5) is 5.95 Å². The summed E-state index contributed by atoms with van der Waals surface area (Å²) in [6.45, 7) is 3.56. The topological polar surface area (TPSA) is 53.1 Å². The fraction of sp³-hybridized carbons (Fsp3) is 0.462. The lowest BCUT2D eigenvalue weighted by Gasteiger charge is -2.35. The molecule has 0 saturated carbocycles. The smallest absolute Gasteiger partial charge is 0.201 e. The molecule has 2 N–H and O–H groups in total. The molecule has 3 rings (SSSR count). The number of aromatic nitrogens is 2. The number of hydrogen-bond acceptors (Lipinski definition) is 3. The van der Waals surface area contributed by atoms with Crippen molar-refractivity contribution in [3.05, 3.63) is 22.2 Å². The molecule has 1 fully saturated rings. The summed E-state index contributed by atoms with van der Waals surface area (Å²) in [5, 5.41) is 1.000. The second-order valence-corrected chi connectivity index (χ2v) is 6.03. The Hall–Kier alpha value is -0.970. The summed E-state index contributed by atoms with van der Waals surface area (Å²) in [7, 11) is 0. The Labute approximate surface area is 121 Å². The lowest BCUT2D eigenvalue weighted by Crippen LogP contribution is -2.39. The zero-order chi connectivity index (χ0) is 13.6. The highest BCUT2D eigenvalue weighted by Crippen LogP contribution is 2.36. The number of imidazole rings is 1. The zero-order valence-corrected chi connectivity index (χ0v) is 12.1. The average Bonchev–Trinajstić information content (AvgIpc) is 2.67. The maximum atomic E-state index is 6.11. The maximum Gasteiger partial charge on any atom is 0.201 e. The first kappa shape index (κ1) is 13.0. The summed E-state index contributed by atoms with van der Waals surface area (Å²) < 4.78 is 7.62. The van der Waals surface area contributed by atoms with Gasteiger partial charge in [-0.1, -0.05) is 23.2 Å². The van der Waals surface area contributed by atoms with Gasteiger partial charge in [0, 0.05) is 6.61 Å². The second-order valence-electron chi connectivity index (χ2n) is 5.21. The van der Waals surface area contributed by atoms with Crippen molar-refractivity contribution in [1.82, 2.24) is 9.55 Å². The van der Waals surface area contributed by atoms with Crippen molar-refractivity contribution in [2.45, 2.75) is 25.3 Å². The molecule has 1 atom stereocenters. The predicted molar refractivity (Wildman–Crippen MR) is 77.9 cm³/mol. The largest absolute Gasteiger partial charge is 0.379 e. The van der Waals surface area contributed by atoms with Gasteiger partial charge in [-0.15, -0.1) is 0 Å². The Morgan fingerprint density at radius 1 is 1.37 bits per heavy atom. The molecular weight excluding hydrogens is 285 g/mol. The van der Waals surface area contributed by atoms with Crippen molar-refractivity contribution in [1.29, 1.82) is 0 Å². The van der Waals surface area contributed by atoms with Crippen LogP contribution in [0.5, 0.6) is 0 Å². The molecule has 0 spiro atoms. The quantitative estimate of drug-likeness (QED) is 0.877. The van der Waals surface area contributed by atoms with Gasteiger partial charge in [-0.05, 0) is 31.9 Å². The lowest BCUT2D eigenvalue weighted by molar-refractivity contribution is 0.0124. The molecular formula is C13H15Cl2N3O. The molecule has 2 heterocycles. The van der Waals surface area contributed by atoms with Crippen molar-refractivity contribution in [3.63, 3.8) is 0 Å². The molecule has 0 bridgehead atoms. The molecule has 1 unspecified atom stereocenters. The normalized spacial score (nSPS) is 23.9. The van der Waals surface area contributed by atoms with Crippen LogP contribution < -0.4 is 5.73 Å². The highest BCUT2D eigenvalue weighted by atomic mass is 35.5. The van der Waals surface area contributed by atoms with E-state index >= 15 is 0 Å². The van der Waals surface area contributed by atoms with Crippen molar-refractivity contribution >= 4 is 40.2 Å². The van der Waals surface area contributed by atoms with E-state index in [-0.39, 0.29) is 5.54 Å². The number of nitrogens with zero attached hydrogens (tertiary/aromatic N) is 2. The van der Waals surface area contributed by atoms with Crippen LogP contribution in [-0.4, -0.2) is 22.8 Å². The number of anilines is 1. The fourth-order valence-electron chi connectivity index (χ4n) is 2.75. The van der Waals surface area contributed by atoms with Crippen LogP contribution >= 0.6 is 23.2 Å². The first-order chi connectivity index (χ1) is 9.01. The Kier molecular flexibility index (Phi) is 3.12. The molecule has 0 aliphatic carbocycles. The van der Waals surface area contributed by atoms with E-state index in [2.05, 4.69) is 11.9 Å². The van der Waals surface area contributed by atoms with Gasteiger partial charge in [0.25, 0.3) is 0 Å². The highest BCUT2D eigenvalue weighted by Gasteiger charge is 2.33. The summed E-state index contributed by atoms with van der Waals surface area (Å²) in [4.78, 5) is 4.38. The van der Waals surface area contributed by atoms with Gasteiger partial charge in [0.1, 0.15) is 0 Å². The van der Waals surface area contributed by atoms with Gasteiger partial charge < -0.3 is 15.0 Å². The molecule has 1 aliphatic heterocycles. The number of benzene rings is 1. The van der Waals surface area contributed by atoms with E-state index in [9.17, 15) is 0 Å². The lowest BCUT2D eigenvalue weighted by atomic mass is 9.94. The molecule has 1 aromatic heterocycles. The van der Waals surface area contributed by atoms with Crippen molar-refractivity contribution in [2.75, 3.05) is 18.9 Å². The van der Waals surface area contributed by atoms with E-state index in [4.69, 9.17) is 33.7 Å². The highest BCUT2D eigenvalue weighted by molar-refractivity contribution is 6.42. The molecule has 6 heteroatoms. The van der Waals surface area contributed by atoms with Crippen LogP contribution in [0.15, 0.2) is 12.1 Å². The van der Waals surface area contributed by atoms with Crippen LogP contribution in [0.3, 0.4) is 0 Å². The minimum Gasteiger partial charge on any atom is -0.379 e. The number of fused-ring (bicyclic) bond motifs is 1. The molecule has 102 valence electrons. The van der Waals surface area contributed by atoms with Gasteiger partial charge in [-0.25, -0.2) is 4.98 Å². The number of hydrogen-bond donors (Lipinski definition) is 1. The Morgan fingerprint density at radius 2 is 2.11 bits per heavy atom.